The molecule has 0 aromatic carbocycles. The Morgan fingerprint density at radius 1 is 1.50 bits per heavy atom. The van der Waals surface area contributed by atoms with Gasteiger partial charge in [-0.2, -0.15) is 4.98 Å². The van der Waals surface area contributed by atoms with E-state index in [0.29, 0.717) is 11.9 Å². The van der Waals surface area contributed by atoms with E-state index >= 15 is 0 Å². The molecule has 1 unspecified atom stereocenters. The first-order valence-corrected chi connectivity index (χ1v) is 6.47. The van der Waals surface area contributed by atoms with Crippen LogP contribution in [0.2, 0.25) is 0 Å². The van der Waals surface area contributed by atoms with Crippen molar-refractivity contribution >= 4 is 11.6 Å². The first-order chi connectivity index (χ1) is 8.83. The second-order valence-electron chi connectivity index (χ2n) is 4.84. The maximum Gasteiger partial charge on any atom is 0.243 e. The van der Waals surface area contributed by atoms with Crippen LogP contribution >= 0.6 is 0 Å². The van der Waals surface area contributed by atoms with Crippen LogP contribution in [0, 0.1) is 12.8 Å². The van der Waals surface area contributed by atoms with Gasteiger partial charge in [0, 0.05) is 18.8 Å². The second-order valence-corrected chi connectivity index (χ2v) is 4.84. The molecule has 1 aliphatic heterocycles. The fourth-order valence-electron chi connectivity index (χ4n) is 2.31. The lowest BCUT2D eigenvalue weighted by Gasteiger charge is -2.21. The molecule has 1 atom stereocenters. The smallest absolute Gasteiger partial charge is 0.243 e. The van der Waals surface area contributed by atoms with Crippen molar-refractivity contribution in [3.8, 4) is 0 Å². The Morgan fingerprint density at radius 2 is 2.44 bits per heavy atom. The lowest BCUT2D eigenvalue weighted by Crippen LogP contribution is -2.24. The molecule has 1 fully saturated rings. The lowest BCUT2D eigenvalue weighted by molar-refractivity contribution is 0.0594. The van der Waals surface area contributed by atoms with E-state index in [4.69, 9.17) is 4.74 Å². The van der Waals surface area contributed by atoms with Crippen molar-refractivity contribution in [3.05, 3.63) is 23.9 Å². The van der Waals surface area contributed by atoms with Gasteiger partial charge >= 0.3 is 0 Å². The summed E-state index contributed by atoms with van der Waals surface area (Å²) < 4.78 is 7.32. The van der Waals surface area contributed by atoms with Crippen LogP contribution in [-0.2, 0) is 4.74 Å². The summed E-state index contributed by atoms with van der Waals surface area (Å²) in [7, 11) is 0. The van der Waals surface area contributed by atoms with Gasteiger partial charge in [-0.1, -0.05) is 6.07 Å². The number of pyridine rings is 1. The van der Waals surface area contributed by atoms with Gasteiger partial charge in [-0.05, 0) is 37.8 Å². The molecule has 3 heterocycles. The van der Waals surface area contributed by atoms with E-state index in [-0.39, 0.29) is 0 Å². The normalized spacial score (nSPS) is 20.2. The predicted molar refractivity (Wildman–Crippen MR) is 69.8 cm³/mol. The van der Waals surface area contributed by atoms with Crippen molar-refractivity contribution in [2.75, 3.05) is 25.1 Å². The van der Waals surface area contributed by atoms with Gasteiger partial charge in [0.1, 0.15) is 0 Å². The molecule has 0 radical (unpaired) electrons. The van der Waals surface area contributed by atoms with Gasteiger partial charge in [-0.25, -0.2) is 4.52 Å². The average Bonchev–Trinajstić information content (AvgIpc) is 2.82. The van der Waals surface area contributed by atoms with Crippen LogP contribution in [0.25, 0.3) is 5.65 Å². The van der Waals surface area contributed by atoms with E-state index in [1.807, 2.05) is 29.6 Å². The van der Waals surface area contributed by atoms with Gasteiger partial charge in [-0.15, -0.1) is 5.10 Å². The Balaban J connectivity index is 1.69. The Kier molecular flexibility index (Phi) is 3.15. The number of hydrogen-bond donors (Lipinski definition) is 1. The van der Waals surface area contributed by atoms with Crippen LogP contribution in [0.4, 0.5) is 5.95 Å². The molecule has 3 rings (SSSR count). The monoisotopic (exact) mass is 246 g/mol. The Labute approximate surface area is 106 Å². The Morgan fingerprint density at radius 3 is 3.22 bits per heavy atom. The minimum Gasteiger partial charge on any atom is -0.381 e. The van der Waals surface area contributed by atoms with Crippen molar-refractivity contribution in [2.24, 2.45) is 5.92 Å². The second kappa shape index (κ2) is 4.94. The quantitative estimate of drug-likeness (QED) is 0.898. The molecule has 0 amide bonds. The summed E-state index contributed by atoms with van der Waals surface area (Å²) in [4.78, 5) is 4.46. The van der Waals surface area contributed by atoms with E-state index < -0.39 is 0 Å². The summed E-state index contributed by atoms with van der Waals surface area (Å²) in [6.07, 6.45) is 2.38. The van der Waals surface area contributed by atoms with Crippen LogP contribution in [0.15, 0.2) is 18.2 Å². The highest BCUT2D eigenvalue weighted by Gasteiger charge is 2.14. The van der Waals surface area contributed by atoms with Gasteiger partial charge in [0.2, 0.25) is 5.95 Å². The Hall–Kier alpha value is -1.62. The summed E-state index contributed by atoms with van der Waals surface area (Å²) in [5.41, 5.74) is 1.98. The molecule has 1 N–H and O–H groups in total. The van der Waals surface area contributed by atoms with E-state index in [9.17, 15) is 0 Å². The highest BCUT2D eigenvalue weighted by atomic mass is 16.5. The van der Waals surface area contributed by atoms with Gasteiger partial charge in [-0.3, -0.25) is 0 Å². The fourth-order valence-corrected chi connectivity index (χ4v) is 2.31. The number of hydrogen-bond acceptors (Lipinski definition) is 4. The number of nitrogens with one attached hydrogen (secondary N) is 1. The topological polar surface area (TPSA) is 51.5 Å². The van der Waals surface area contributed by atoms with E-state index in [1.54, 1.807) is 0 Å². The molecule has 2 aromatic rings. The first-order valence-electron chi connectivity index (χ1n) is 6.47. The summed E-state index contributed by atoms with van der Waals surface area (Å²) in [5.74, 6) is 1.28. The number of rotatable bonds is 3. The van der Waals surface area contributed by atoms with Crippen LogP contribution < -0.4 is 5.32 Å². The molecule has 0 bridgehead atoms. The molecule has 0 aliphatic carbocycles. The predicted octanol–water partition coefficient (Wildman–Crippen LogP) is 1.88. The summed E-state index contributed by atoms with van der Waals surface area (Å²) in [6, 6.07) is 5.99. The molecule has 0 spiro atoms. The van der Waals surface area contributed by atoms with Gasteiger partial charge in [0.15, 0.2) is 5.65 Å². The maximum atomic E-state index is 5.46. The zero-order valence-corrected chi connectivity index (χ0v) is 10.6. The van der Waals surface area contributed by atoms with Crippen LogP contribution in [0.5, 0.6) is 0 Å². The minimum atomic E-state index is 0.575. The Bertz CT molecular complexity index is 531. The average molecular weight is 246 g/mol. The molecule has 2 aromatic heterocycles. The van der Waals surface area contributed by atoms with Crippen molar-refractivity contribution < 1.29 is 4.74 Å². The SMILES string of the molecule is Cc1cccc2nc(NCC3CCCOC3)nn12. The van der Waals surface area contributed by atoms with Gasteiger partial charge in [0.05, 0.1) is 6.61 Å². The summed E-state index contributed by atoms with van der Waals surface area (Å²) in [5, 5.41) is 7.76. The number of aromatic nitrogens is 3. The molecule has 1 saturated heterocycles. The van der Waals surface area contributed by atoms with Crippen molar-refractivity contribution in [1.29, 1.82) is 0 Å². The summed E-state index contributed by atoms with van der Waals surface area (Å²) >= 11 is 0. The number of fused-ring (bicyclic) bond motifs is 1. The molecule has 5 heteroatoms. The number of aryl methyl sites for hydroxylation is 1. The van der Waals surface area contributed by atoms with Crippen LogP contribution in [0.1, 0.15) is 18.5 Å². The molecule has 96 valence electrons. The van der Waals surface area contributed by atoms with E-state index in [2.05, 4.69) is 15.4 Å². The first kappa shape index (κ1) is 11.5. The zero-order chi connectivity index (χ0) is 12.4. The van der Waals surface area contributed by atoms with Crippen molar-refractivity contribution in [3.63, 3.8) is 0 Å². The third-order valence-electron chi connectivity index (χ3n) is 3.35. The van der Waals surface area contributed by atoms with Crippen molar-refractivity contribution in [2.45, 2.75) is 19.8 Å². The molecule has 18 heavy (non-hydrogen) atoms. The number of nitrogens with zero attached hydrogens (tertiary/aromatic N) is 3. The largest absolute Gasteiger partial charge is 0.381 e. The minimum absolute atomic E-state index is 0.575. The number of ether oxygens (including phenoxy) is 1. The van der Waals surface area contributed by atoms with E-state index in [1.165, 1.54) is 6.42 Å². The highest BCUT2D eigenvalue weighted by Crippen LogP contribution is 2.14. The fraction of sp³-hybridized carbons (Fsp3) is 0.538. The van der Waals surface area contributed by atoms with Crippen molar-refractivity contribution in [1.82, 2.24) is 14.6 Å². The maximum absolute atomic E-state index is 5.46. The molecule has 0 saturated carbocycles. The number of anilines is 1. The molecular weight excluding hydrogens is 228 g/mol. The third kappa shape index (κ3) is 2.31. The summed E-state index contributed by atoms with van der Waals surface area (Å²) in [6.45, 7) is 4.66. The lowest BCUT2D eigenvalue weighted by atomic mass is 10.0. The third-order valence-corrected chi connectivity index (χ3v) is 3.35. The van der Waals surface area contributed by atoms with Gasteiger partial charge < -0.3 is 10.1 Å². The van der Waals surface area contributed by atoms with E-state index in [0.717, 1.165) is 37.5 Å². The van der Waals surface area contributed by atoms with Crippen LogP contribution in [-0.4, -0.2) is 34.4 Å². The molecular formula is C13H18N4O. The standard InChI is InChI=1S/C13H18N4O/c1-10-4-2-6-12-15-13(16-17(10)12)14-8-11-5-3-7-18-9-11/h2,4,6,11H,3,5,7-9H2,1H3,(H,14,16). The van der Waals surface area contributed by atoms with Gasteiger partial charge in [0.25, 0.3) is 0 Å². The van der Waals surface area contributed by atoms with Crippen LogP contribution in [0.3, 0.4) is 0 Å². The molecule has 5 nitrogen and oxygen atoms in total. The molecule has 1 aliphatic rings. The zero-order valence-electron chi connectivity index (χ0n) is 10.6. The highest BCUT2D eigenvalue weighted by molar-refractivity contribution is 5.44.